The number of ether oxygens (including phenoxy) is 1. The Balaban J connectivity index is 1.36. The van der Waals surface area contributed by atoms with E-state index in [2.05, 4.69) is 77.9 Å². The third kappa shape index (κ3) is 4.18. The summed E-state index contributed by atoms with van der Waals surface area (Å²) in [4.78, 5) is 4.68. The average molecular weight is 443 g/mol. The van der Waals surface area contributed by atoms with Gasteiger partial charge in [0.05, 0.1) is 18.3 Å². The van der Waals surface area contributed by atoms with Crippen LogP contribution in [0.3, 0.4) is 0 Å². The van der Waals surface area contributed by atoms with E-state index in [9.17, 15) is 0 Å². The van der Waals surface area contributed by atoms with Gasteiger partial charge in [-0.2, -0.15) is 0 Å². The van der Waals surface area contributed by atoms with Crippen LogP contribution in [0.2, 0.25) is 5.02 Å². The minimum Gasteiger partial charge on any atom is -0.493 e. The molecule has 0 aromatic heterocycles. The molecule has 0 fully saturated rings. The van der Waals surface area contributed by atoms with Crippen LogP contribution in [0.1, 0.15) is 48.4 Å². The number of nitrogens with zero attached hydrogens (tertiary/aromatic N) is 1. The quantitative estimate of drug-likeness (QED) is 0.313. The Kier molecular flexibility index (Phi) is 6.00. The minimum absolute atomic E-state index is 0.296. The number of fused-ring (bicyclic) bond motifs is 3. The first kappa shape index (κ1) is 20.8. The highest BCUT2D eigenvalue weighted by atomic mass is 35.5. The Bertz CT molecular complexity index is 1150. The van der Waals surface area contributed by atoms with Crippen molar-refractivity contribution in [2.75, 3.05) is 11.9 Å². The normalized spacial score (nSPS) is 21.2. The molecule has 0 radical (unpaired) electrons. The fourth-order valence-corrected chi connectivity index (χ4v) is 4.93. The molecule has 1 heterocycles. The van der Waals surface area contributed by atoms with Gasteiger partial charge in [0.25, 0.3) is 0 Å². The Hall–Kier alpha value is -3.04. The van der Waals surface area contributed by atoms with Crippen molar-refractivity contribution in [1.82, 2.24) is 0 Å². The predicted molar refractivity (Wildman–Crippen MR) is 134 cm³/mol. The highest BCUT2D eigenvalue weighted by Crippen LogP contribution is 2.49. The second-order valence-electron chi connectivity index (χ2n) is 8.44. The van der Waals surface area contributed by atoms with E-state index in [0.717, 1.165) is 29.8 Å². The maximum atomic E-state index is 6.19. The standard InChI is InChI=1S/C28H27ClN2O/c1-2-16-32-27-15-12-21(29)17-20(27)18-30-22-13-10-19(11-14-22)28-25-8-5-7-23(25)24-6-3-4-9-26(24)31-28/h3-7,9-15,17-18,23,25,28,31H,2,8,16H2,1H3/t23-,25-,28-/m0/s1. The maximum Gasteiger partial charge on any atom is 0.128 e. The Labute approximate surface area is 194 Å². The van der Waals surface area contributed by atoms with Gasteiger partial charge >= 0.3 is 0 Å². The van der Waals surface area contributed by atoms with Crippen LogP contribution < -0.4 is 10.1 Å². The molecular weight excluding hydrogens is 416 g/mol. The van der Waals surface area contributed by atoms with Crippen molar-refractivity contribution in [3.8, 4) is 5.75 Å². The van der Waals surface area contributed by atoms with Gasteiger partial charge in [-0.15, -0.1) is 0 Å². The molecule has 3 aromatic rings. The highest BCUT2D eigenvalue weighted by Gasteiger charge is 2.37. The van der Waals surface area contributed by atoms with E-state index in [1.807, 2.05) is 24.4 Å². The fraction of sp³-hybridized carbons (Fsp3) is 0.250. The number of nitrogens with one attached hydrogen (secondary N) is 1. The van der Waals surface area contributed by atoms with E-state index in [-0.39, 0.29) is 0 Å². The van der Waals surface area contributed by atoms with E-state index in [0.29, 0.717) is 29.5 Å². The van der Waals surface area contributed by atoms with Gasteiger partial charge in [-0.25, -0.2) is 0 Å². The van der Waals surface area contributed by atoms with Gasteiger partial charge in [-0.3, -0.25) is 4.99 Å². The van der Waals surface area contributed by atoms with E-state index in [1.54, 1.807) is 0 Å². The lowest BCUT2D eigenvalue weighted by molar-refractivity contribution is 0.317. The van der Waals surface area contributed by atoms with Crippen LogP contribution in [0, 0.1) is 5.92 Å². The first-order valence-electron chi connectivity index (χ1n) is 11.3. The molecule has 0 unspecified atom stereocenters. The van der Waals surface area contributed by atoms with Crippen molar-refractivity contribution in [3.05, 3.63) is 101 Å². The molecule has 0 bridgehead atoms. The molecule has 0 amide bonds. The zero-order valence-electron chi connectivity index (χ0n) is 18.2. The molecule has 3 atom stereocenters. The summed E-state index contributed by atoms with van der Waals surface area (Å²) in [5.41, 5.74) is 5.75. The average Bonchev–Trinajstić information content (AvgIpc) is 3.32. The first-order chi connectivity index (χ1) is 15.7. The molecular formula is C28H27ClN2O. The number of benzene rings is 3. The molecule has 162 valence electrons. The molecule has 0 saturated carbocycles. The largest absolute Gasteiger partial charge is 0.493 e. The molecule has 0 spiro atoms. The van der Waals surface area contributed by atoms with E-state index in [1.165, 1.54) is 16.8 Å². The summed E-state index contributed by atoms with van der Waals surface area (Å²) in [6, 6.07) is 23.2. The number of halogens is 1. The molecule has 4 heteroatoms. The third-order valence-corrected chi connectivity index (χ3v) is 6.55. The van der Waals surface area contributed by atoms with E-state index < -0.39 is 0 Å². The van der Waals surface area contributed by atoms with E-state index >= 15 is 0 Å². The van der Waals surface area contributed by atoms with E-state index in [4.69, 9.17) is 16.3 Å². The lowest BCUT2D eigenvalue weighted by Gasteiger charge is -2.37. The SMILES string of the molecule is CCCOc1ccc(Cl)cc1C=Nc1ccc([C@@H]2Nc3ccccc3[C@@H]3C=CC[C@@H]32)cc1. The lowest BCUT2D eigenvalue weighted by Crippen LogP contribution is -2.28. The summed E-state index contributed by atoms with van der Waals surface area (Å²) >= 11 is 6.19. The smallest absolute Gasteiger partial charge is 0.128 e. The number of rotatable bonds is 6. The predicted octanol–water partition coefficient (Wildman–Crippen LogP) is 7.71. The van der Waals surface area contributed by atoms with Gasteiger partial charge in [-0.05, 0) is 66.3 Å². The summed E-state index contributed by atoms with van der Waals surface area (Å²) in [6.07, 6.45) is 8.59. The molecule has 1 N–H and O–H groups in total. The summed E-state index contributed by atoms with van der Waals surface area (Å²) in [5, 5.41) is 4.46. The number of hydrogen-bond acceptors (Lipinski definition) is 3. The van der Waals surface area contributed by atoms with Gasteiger partial charge in [0, 0.05) is 28.4 Å². The van der Waals surface area contributed by atoms with Gasteiger partial charge in [0.1, 0.15) is 5.75 Å². The number of aliphatic imine (C=N–C) groups is 1. The minimum atomic E-state index is 0.296. The van der Waals surface area contributed by atoms with Gasteiger partial charge in [0.15, 0.2) is 0 Å². The van der Waals surface area contributed by atoms with Crippen molar-refractivity contribution in [1.29, 1.82) is 0 Å². The van der Waals surface area contributed by atoms with Crippen LogP contribution in [-0.4, -0.2) is 12.8 Å². The summed E-state index contributed by atoms with van der Waals surface area (Å²) in [5.74, 6) is 1.84. The van der Waals surface area contributed by atoms with Crippen molar-refractivity contribution in [2.24, 2.45) is 10.9 Å². The van der Waals surface area contributed by atoms with Crippen molar-refractivity contribution >= 4 is 29.2 Å². The fourth-order valence-electron chi connectivity index (χ4n) is 4.75. The lowest BCUT2D eigenvalue weighted by atomic mass is 9.77. The number of anilines is 1. The van der Waals surface area contributed by atoms with Crippen LogP contribution >= 0.6 is 11.6 Å². The van der Waals surface area contributed by atoms with Crippen molar-refractivity contribution < 1.29 is 4.74 Å². The molecule has 1 aliphatic heterocycles. The summed E-state index contributed by atoms with van der Waals surface area (Å²) in [7, 11) is 0. The van der Waals surface area contributed by atoms with Crippen LogP contribution in [0.5, 0.6) is 5.75 Å². The van der Waals surface area contributed by atoms with Crippen molar-refractivity contribution in [2.45, 2.75) is 31.7 Å². The van der Waals surface area contributed by atoms with Crippen LogP contribution in [0.15, 0.2) is 83.9 Å². The number of allylic oxidation sites excluding steroid dienone is 2. The third-order valence-electron chi connectivity index (χ3n) is 6.31. The molecule has 1 aliphatic carbocycles. The molecule has 5 rings (SSSR count). The Morgan fingerprint density at radius 3 is 2.78 bits per heavy atom. The second kappa shape index (κ2) is 9.22. The highest BCUT2D eigenvalue weighted by molar-refractivity contribution is 6.30. The van der Waals surface area contributed by atoms with Crippen LogP contribution in [0.25, 0.3) is 0 Å². The van der Waals surface area contributed by atoms with Crippen molar-refractivity contribution in [3.63, 3.8) is 0 Å². The Morgan fingerprint density at radius 1 is 1.09 bits per heavy atom. The Morgan fingerprint density at radius 2 is 1.94 bits per heavy atom. The number of hydrogen-bond donors (Lipinski definition) is 1. The molecule has 3 aromatic carbocycles. The molecule has 2 aliphatic rings. The molecule has 32 heavy (non-hydrogen) atoms. The second-order valence-corrected chi connectivity index (χ2v) is 8.88. The maximum absolute atomic E-state index is 6.19. The van der Waals surface area contributed by atoms with Crippen LogP contribution in [0.4, 0.5) is 11.4 Å². The summed E-state index contributed by atoms with van der Waals surface area (Å²) in [6.45, 7) is 2.76. The van der Waals surface area contributed by atoms with Gasteiger partial charge in [0.2, 0.25) is 0 Å². The van der Waals surface area contributed by atoms with Gasteiger partial charge in [-0.1, -0.05) is 61.0 Å². The summed E-state index contributed by atoms with van der Waals surface area (Å²) < 4.78 is 5.83. The number of para-hydroxylation sites is 1. The molecule has 0 saturated heterocycles. The zero-order chi connectivity index (χ0) is 21.9. The van der Waals surface area contributed by atoms with Crippen LogP contribution in [-0.2, 0) is 0 Å². The monoisotopic (exact) mass is 442 g/mol. The zero-order valence-corrected chi connectivity index (χ0v) is 18.9. The molecule has 3 nitrogen and oxygen atoms in total. The topological polar surface area (TPSA) is 33.6 Å². The first-order valence-corrected chi connectivity index (χ1v) is 11.7. The van der Waals surface area contributed by atoms with Gasteiger partial charge < -0.3 is 10.1 Å².